The quantitative estimate of drug-likeness (QED) is 0.350. The number of benzene rings is 2. The molecule has 0 aliphatic carbocycles. The van der Waals surface area contributed by atoms with Crippen molar-refractivity contribution < 1.29 is 4.79 Å². The van der Waals surface area contributed by atoms with Crippen LogP contribution < -0.4 is 21.3 Å². The van der Waals surface area contributed by atoms with Crippen molar-refractivity contribution in [1.82, 2.24) is 15.6 Å². The van der Waals surface area contributed by atoms with Crippen LogP contribution in [-0.2, 0) is 11.2 Å². The SMILES string of the molecule is CNCCNc1ccc(NC(=O)C(NCCc2ccc(C#N)cc2)c2ccccc2)nc1. The van der Waals surface area contributed by atoms with Gasteiger partial charge >= 0.3 is 0 Å². The van der Waals surface area contributed by atoms with E-state index < -0.39 is 6.04 Å². The maximum atomic E-state index is 13.1. The van der Waals surface area contributed by atoms with Gasteiger partial charge in [-0.3, -0.25) is 4.79 Å². The van der Waals surface area contributed by atoms with Crippen LogP contribution in [0.25, 0.3) is 0 Å². The molecule has 7 nitrogen and oxygen atoms in total. The molecule has 32 heavy (non-hydrogen) atoms. The smallest absolute Gasteiger partial charge is 0.247 e. The largest absolute Gasteiger partial charge is 0.383 e. The van der Waals surface area contributed by atoms with E-state index >= 15 is 0 Å². The molecule has 0 aliphatic heterocycles. The molecule has 3 aromatic rings. The Kier molecular flexibility index (Phi) is 8.75. The van der Waals surface area contributed by atoms with Crippen molar-refractivity contribution in [2.24, 2.45) is 0 Å². The van der Waals surface area contributed by atoms with Crippen LogP contribution in [0.4, 0.5) is 11.5 Å². The Morgan fingerprint density at radius 1 is 1.00 bits per heavy atom. The number of amides is 1. The van der Waals surface area contributed by atoms with E-state index in [9.17, 15) is 4.79 Å². The maximum Gasteiger partial charge on any atom is 0.247 e. The number of rotatable bonds is 11. The standard InChI is InChI=1S/C25H28N6O/c1-27-15-16-28-22-11-12-23(30-18-22)31-25(32)24(21-5-3-2-4-6-21)29-14-13-19-7-9-20(17-26)10-8-19/h2-12,18,24,27-29H,13-16H2,1H3,(H,30,31,32). The fraction of sp³-hybridized carbons (Fsp3) is 0.240. The van der Waals surface area contributed by atoms with Gasteiger partial charge in [-0.1, -0.05) is 42.5 Å². The van der Waals surface area contributed by atoms with Crippen LogP contribution in [0, 0.1) is 11.3 Å². The minimum Gasteiger partial charge on any atom is -0.383 e. The summed E-state index contributed by atoms with van der Waals surface area (Å²) in [7, 11) is 1.90. The summed E-state index contributed by atoms with van der Waals surface area (Å²) in [5, 5.41) is 21.5. The van der Waals surface area contributed by atoms with Gasteiger partial charge in [0.15, 0.2) is 0 Å². The summed E-state index contributed by atoms with van der Waals surface area (Å²) in [6.45, 7) is 2.26. The van der Waals surface area contributed by atoms with Crippen LogP contribution >= 0.6 is 0 Å². The minimum atomic E-state index is -0.509. The number of nitriles is 1. The number of carbonyl (C=O) groups is 1. The fourth-order valence-corrected chi connectivity index (χ4v) is 3.22. The van der Waals surface area contributed by atoms with E-state index in [1.165, 1.54) is 0 Å². The first-order valence-corrected chi connectivity index (χ1v) is 10.6. The second kappa shape index (κ2) is 12.2. The summed E-state index contributed by atoms with van der Waals surface area (Å²) in [6, 6.07) is 22.4. The second-order valence-electron chi connectivity index (χ2n) is 7.31. The first-order chi connectivity index (χ1) is 15.7. The number of hydrogen-bond donors (Lipinski definition) is 4. The molecule has 0 radical (unpaired) electrons. The lowest BCUT2D eigenvalue weighted by Gasteiger charge is -2.19. The lowest BCUT2D eigenvalue weighted by atomic mass is 10.1. The number of nitrogens with one attached hydrogen (secondary N) is 4. The first kappa shape index (κ1) is 22.9. The van der Waals surface area contributed by atoms with Crippen molar-refractivity contribution in [1.29, 1.82) is 5.26 Å². The molecule has 3 rings (SSSR count). The second-order valence-corrected chi connectivity index (χ2v) is 7.31. The number of anilines is 2. The van der Waals surface area contributed by atoms with E-state index in [2.05, 4.69) is 32.3 Å². The summed E-state index contributed by atoms with van der Waals surface area (Å²) >= 11 is 0. The molecule has 0 saturated heterocycles. The molecule has 2 aromatic carbocycles. The summed E-state index contributed by atoms with van der Waals surface area (Å²) < 4.78 is 0. The topological polar surface area (TPSA) is 102 Å². The van der Waals surface area contributed by atoms with Gasteiger partial charge < -0.3 is 21.3 Å². The molecule has 4 N–H and O–H groups in total. The lowest BCUT2D eigenvalue weighted by molar-refractivity contribution is -0.118. The molecule has 1 atom stereocenters. The van der Waals surface area contributed by atoms with Gasteiger partial charge in [-0.05, 0) is 48.9 Å². The third kappa shape index (κ3) is 6.91. The zero-order valence-electron chi connectivity index (χ0n) is 18.1. The van der Waals surface area contributed by atoms with Crippen LogP contribution in [-0.4, -0.2) is 37.6 Å². The highest BCUT2D eigenvalue weighted by Crippen LogP contribution is 2.16. The highest BCUT2D eigenvalue weighted by atomic mass is 16.2. The number of hydrogen-bond acceptors (Lipinski definition) is 6. The summed E-state index contributed by atoms with van der Waals surface area (Å²) in [4.78, 5) is 17.4. The molecule has 0 bridgehead atoms. The highest BCUT2D eigenvalue weighted by molar-refractivity contribution is 5.94. The molecular formula is C25H28N6O. The summed E-state index contributed by atoms with van der Waals surface area (Å²) in [5.41, 5.74) is 3.53. The van der Waals surface area contributed by atoms with Crippen LogP contribution in [0.3, 0.4) is 0 Å². The van der Waals surface area contributed by atoms with E-state index in [4.69, 9.17) is 5.26 Å². The third-order valence-corrected chi connectivity index (χ3v) is 4.96. The molecular weight excluding hydrogens is 400 g/mol. The zero-order chi connectivity index (χ0) is 22.6. The van der Waals surface area contributed by atoms with Gasteiger partial charge in [0, 0.05) is 19.6 Å². The van der Waals surface area contributed by atoms with Crippen molar-refractivity contribution in [3.63, 3.8) is 0 Å². The van der Waals surface area contributed by atoms with Gasteiger partial charge in [0.05, 0.1) is 23.5 Å². The third-order valence-electron chi connectivity index (χ3n) is 4.96. The maximum absolute atomic E-state index is 13.1. The zero-order valence-corrected chi connectivity index (χ0v) is 18.1. The predicted molar refractivity (Wildman–Crippen MR) is 127 cm³/mol. The monoisotopic (exact) mass is 428 g/mol. The highest BCUT2D eigenvalue weighted by Gasteiger charge is 2.20. The molecule has 7 heteroatoms. The van der Waals surface area contributed by atoms with E-state index in [1.807, 2.05) is 55.6 Å². The predicted octanol–water partition coefficient (Wildman–Crippen LogP) is 3.10. The van der Waals surface area contributed by atoms with E-state index in [1.54, 1.807) is 24.4 Å². The molecule has 1 amide bonds. The van der Waals surface area contributed by atoms with Gasteiger partial charge in [-0.25, -0.2) is 4.98 Å². The average molecular weight is 429 g/mol. The Morgan fingerprint density at radius 3 is 2.44 bits per heavy atom. The van der Waals surface area contributed by atoms with E-state index in [0.717, 1.165) is 36.3 Å². The van der Waals surface area contributed by atoms with Gasteiger partial charge in [-0.15, -0.1) is 0 Å². The van der Waals surface area contributed by atoms with Crippen LogP contribution in [0.2, 0.25) is 0 Å². The number of aromatic nitrogens is 1. The lowest BCUT2D eigenvalue weighted by Crippen LogP contribution is -2.34. The Bertz CT molecular complexity index is 1010. The Balaban J connectivity index is 1.61. The average Bonchev–Trinajstić information content (AvgIpc) is 2.84. The molecule has 0 aliphatic rings. The van der Waals surface area contributed by atoms with Crippen molar-refractivity contribution in [3.05, 3.63) is 89.6 Å². The molecule has 164 valence electrons. The molecule has 1 heterocycles. The Morgan fingerprint density at radius 2 is 1.78 bits per heavy atom. The van der Waals surface area contributed by atoms with E-state index in [0.29, 0.717) is 17.9 Å². The van der Waals surface area contributed by atoms with Crippen molar-refractivity contribution in [3.8, 4) is 6.07 Å². The molecule has 0 saturated carbocycles. The summed E-state index contributed by atoms with van der Waals surface area (Å²) in [5.74, 6) is 0.336. The van der Waals surface area contributed by atoms with Gasteiger partial charge in [-0.2, -0.15) is 5.26 Å². The minimum absolute atomic E-state index is 0.167. The number of nitrogens with zero attached hydrogens (tertiary/aromatic N) is 2. The Hall–Kier alpha value is -3.73. The molecule has 1 aromatic heterocycles. The summed E-state index contributed by atoms with van der Waals surface area (Å²) in [6.07, 6.45) is 2.45. The number of likely N-dealkylation sites (N-methyl/N-ethyl adjacent to an activating group) is 1. The van der Waals surface area contributed by atoms with Crippen LogP contribution in [0.1, 0.15) is 22.7 Å². The number of carbonyl (C=O) groups excluding carboxylic acids is 1. The molecule has 0 fully saturated rings. The van der Waals surface area contributed by atoms with Crippen LogP contribution in [0.5, 0.6) is 0 Å². The van der Waals surface area contributed by atoms with E-state index in [-0.39, 0.29) is 5.91 Å². The fourth-order valence-electron chi connectivity index (χ4n) is 3.22. The first-order valence-electron chi connectivity index (χ1n) is 10.6. The van der Waals surface area contributed by atoms with Crippen molar-refractivity contribution in [2.45, 2.75) is 12.5 Å². The van der Waals surface area contributed by atoms with Crippen LogP contribution in [0.15, 0.2) is 72.9 Å². The van der Waals surface area contributed by atoms with Gasteiger partial charge in [0.25, 0.3) is 0 Å². The number of pyridine rings is 1. The van der Waals surface area contributed by atoms with Crippen molar-refractivity contribution in [2.75, 3.05) is 37.3 Å². The Labute approximate surface area is 188 Å². The van der Waals surface area contributed by atoms with Crippen molar-refractivity contribution >= 4 is 17.4 Å². The van der Waals surface area contributed by atoms with Gasteiger partial charge in [0.1, 0.15) is 11.9 Å². The molecule has 0 spiro atoms. The van der Waals surface area contributed by atoms with Gasteiger partial charge in [0.2, 0.25) is 5.91 Å². The normalized spacial score (nSPS) is 11.4. The molecule has 1 unspecified atom stereocenters.